The second-order valence-corrected chi connectivity index (χ2v) is 9.69. The van der Waals surface area contributed by atoms with Crippen LogP contribution < -0.4 is 10.6 Å². The molecule has 5 rings (SSSR count). The fourth-order valence-corrected chi connectivity index (χ4v) is 3.94. The van der Waals surface area contributed by atoms with Gasteiger partial charge in [-0.15, -0.1) is 0 Å². The number of benzene rings is 1. The lowest BCUT2D eigenvalue weighted by atomic mass is 10.1. The maximum atomic E-state index is 14.4. The molecular weight excluding hydrogens is 503 g/mol. The molecule has 0 bridgehead atoms. The fourth-order valence-electron chi connectivity index (χ4n) is 3.76. The summed E-state index contributed by atoms with van der Waals surface area (Å²) in [6.07, 6.45) is 4.97. The highest BCUT2D eigenvalue weighted by Gasteiger charge is 2.35. The lowest BCUT2D eigenvalue weighted by Gasteiger charge is -2.14. The van der Waals surface area contributed by atoms with E-state index < -0.39 is 30.3 Å². The predicted octanol–water partition coefficient (Wildman–Crippen LogP) is 4.14. The van der Waals surface area contributed by atoms with Crippen LogP contribution >= 0.6 is 11.6 Å². The van der Waals surface area contributed by atoms with Crippen molar-refractivity contribution in [2.24, 2.45) is 5.92 Å². The van der Waals surface area contributed by atoms with Crippen molar-refractivity contribution >= 4 is 58.4 Å². The number of anilines is 3. The minimum absolute atomic E-state index is 0.145. The number of imide groups is 1. The molecule has 3 heterocycles. The van der Waals surface area contributed by atoms with Crippen molar-refractivity contribution < 1.29 is 23.5 Å². The maximum Gasteiger partial charge on any atom is 0.310 e. The first-order chi connectivity index (χ1) is 17.7. The molecule has 12 heteroatoms. The molecule has 3 aromatic rings. The zero-order chi connectivity index (χ0) is 26.3. The van der Waals surface area contributed by atoms with Crippen LogP contribution in [-0.4, -0.2) is 50.1 Å². The number of esters is 1. The van der Waals surface area contributed by atoms with Gasteiger partial charge in [-0.1, -0.05) is 25.4 Å². The number of hydrogen-bond donors (Lipinski definition) is 2. The van der Waals surface area contributed by atoms with Crippen LogP contribution in [0.25, 0.3) is 11.7 Å². The van der Waals surface area contributed by atoms with Crippen molar-refractivity contribution in [2.45, 2.75) is 39.2 Å². The van der Waals surface area contributed by atoms with Gasteiger partial charge in [0, 0.05) is 28.3 Å². The van der Waals surface area contributed by atoms with E-state index in [0.29, 0.717) is 33.9 Å². The molecule has 10 nitrogen and oxygen atoms in total. The summed E-state index contributed by atoms with van der Waals surface area (Å²) in [7, 11) is 0. The van der Waals surface area contributed by atoms with Gasteiger partial charge in [0.25, 0.3) is 5.91 Å². The third-order valence-corrected chi connectivity index (χ3v) is 6.15. The Kier molecular flexibility index (Phi) is 6.55. The molecular formula is C25H24ClFN6O4. The number of fused-ring (bicyclic) bond motifs is 1. The SMILES string of the molecule is CC(C)C(=O)OCN1C(=O)C/C(=C\c2cnn3c(NC4CC4)cc(Nc4cc(Cl)ccc4F)nc23)C1=O. The van der Waals surface area contributed by atoms with E-state index in [0.717, 1.165) is 17.7 Å². The summed E-state index contributed by atoms with van der Waals surface area (Å²) in [5.41, 5.74) is 1.27. The van der Waals surface area contributed by atoms with E-state index >= 15 is 0 Å². The van der Waals surface area contributed by atoms with Crippen LogP contribution in [0, 0.1) is 11.7 Å². The summed E-state index contributed by atoms with van der Waals surface area (Å²) >= 11 is 6.03. The lowest BCUT2D eigenvalue weighted by Crippen LogP contribution is -2.33. The maximum absolute atomic E-state index is 14.4. The molecule has 37 heavy (non-hydrogen) atoms. The van der Waals surface area contributed by atoms with Crippen LogP contribution in [-0.2, 0) is 19.1 Å². The fraction of sp³-hybridized carbons (Fsp3) is 0.320. The van der Waals surface area contributed by atoms with Crippen molar-refractivity contribution in [3.05, 3.63) is 52.4 Å². The van der Waals surface area contributed by atoms with Crippen LogP contribution in [0.2, 0.25) is 5.02 Å². The van der Waals surface area contributed by atoms with E-state index in [1.807, 2.05) is 0 Å². The molecule has 0 unspecified atom stereocenters. The number of ether oxygens (including phenoxy) is 1. The first kappa shape index (κ1) is 24.7. The van der Waals surface area contributed by atoms with Gasteiger partial charge >= 0.3 is 5.97 Å². The van der Waals surface area contributed by atoms with E-state index in [-0.39, 0.29) is 23.6 Å². The molecule has 1 saturated carbocycles. The largest absolute Gasteiger partial charge is 0.443 e. The average molecular weight is 527 g/mol. The third kappa shape index (κ3) is 5.26. The Labute approximate surface area is 216 Å². The number of carbonyl (C=O) groups is 3. The Balaban J connectivity index is 1.47. The molecule has 1 saturated heterocycles. The van der Waals surface area contributed by atoms with Gasteiger partial charge in [0.15, 0.2) is 12.4 Å². The molecule has 2 amide bonds. The van der Waals surface area contributed by atoms with E-state index in [4.69, 9.17) is 16.3 Å². The first-order valence-electron chi connectivity index (χ1n) is 11.8. The zero-order valence-electron chi connectivity index (χ0n) is 20.1. The number of halogens is 2. The number of amides is 2. The Morgan fingerprint density at radius 2 is 2.08 bits per heavy atom. The van der Waals surface area contributed by atoms with Gasteiger partial charge < -0.3 is 15.4 Å². The Morgan fingerprint density at radius 1 is 1.30 bits per heavy atom. The molecule has 1 aliphatic heterocycles. The average Bonchev–Trinajstić information content (AvgIpc) is 3.52. The highest BCUT2D eigenvalue weighted by atomic mass is 35.5. The van der Waals surface area contributed by atoms with Gasteiger partial charge in [-0.2, -0.15) is 9.61 Å². The van der Waals surface area contributed by atoms with Crippen molar-refractivity contribution in [1.29, 1.82) is 0 Å². The molecule has 0 spiro atoms. The minimum Gasteiger partial charge on any atom is -0.443 e. The van der Waals surface area contributed by atoms with Gasteiger partial charge in [-0.25, -0.2) is 14.3 Å². The lowest BCUT2D eigenvalue weighted by molar-refractivity contribution is -0.157. The monoisotopic (exact) mass is 526 g/mol. The highest BCUT2D eigenvalue weighted by molar-refractivity contribution is 6.30. The molecule has 0 atom stereocenters. The summed E-state index contributed by atoms with van der Waals surface area (Å²) < 4.78 is 21.0. The number of nitrogens with zero attached hydrogens (tertiary/aromatic N) is 4. The number of nitrogens with one attached hydrogen (secondary N) is 2. The molecule has 2 aliphatic rings. The van der Waals surface area contributed by atoms with Crippen LogP contribution in [0.3, 0.4) is 0 Å². The van der Waals surface area contributed by atoms with Gasteiger partial charge in [-0.3, -0.25) is 14.4 Å². The topological polar surface area (TPSA) is 118 Å². The van der Waals surface area contributed by atoms with Gasteiger partial charge in [-0.05, 0) is 37.1 Å². The Morgan fingerprint density at radius 3 is 2.81 bits per heavy atom. The van der Waals surface area contributed by atoms with E-state index in [9.17, 15) is 18.8 Å². The Bertz CT molecular complexity index is 1450. The number of carbonyl (C=O) groups excluding carboxylic acids is 3. The van der Waals surface area contributed by atoms with Crippen LogP contribution in [0.15, 0.2) is 36.0 Å². The second kappa shape index (κ2) is 9.81. The summed E-state index contributed by atoms with van der Waals surface area (Å²) in [5, 5.41) is 11.1. The van der Waals surface area contributed by atoms with Crippen molar-refractivity contribution in [3.8, 4) is 0 Å². The number of hydrogen-bond acceptors (Lipinski definition) is 8. The van der Waals surface area contributed by atoms with Crippen LogP contribution in [0.5, 0.6) is 0 Å². The number of rotatable bonds is 8. The molecule has 1 aliphatic carbocycles. The van der Waals surface area contributed by atoms with Gasteiger partial charge in [0.1, 0.15) is 17.5 Å². The molecule has 2 N–H and O–H groups in total. The van der Waals surface area contributed by atoms with Crippen molar-refractivity contribution in [2.75, 3.05) is 17.4 Å². The van der Waals surface area contributed by atoms with Gasteiger partial charge in [0.05, 0.1) is 24.2 Å². The third-order valence-electron chi connectivity index (χ3n) is 5.92. The summed E-state index contributed by atoms with van der Waals surface area (Å²) in [6, 6.07) is 6.18. The molecule has 192 valence electrons. The normalized spacial score (nSPS) is 16.8. The van der Waals surface area contributed by atoms with Crippen molar-refractivity contribution in [3.63, 3.8) is 0 Å². The Hall–Kier alpha value is -3.99. The second-order valence-electron chi connectivity index (χ2n) is 9.25. The summed E-state index contributed by atoms with van der Waals surface area (Å²) in [4.78, 5) is 42.6. The van der Waals surface area contributed by atoms with E-state index in [2.05, 4.69) is 20.7 Å². The molecule has 2 aromatic heterocycles. The van der Waals surface area contributed by atoms with Crippen molar-refractivity contribution in [1.82, 2.24) is 19.5 Å². The standard InChI is InChI=1S/C25H24ClFN6O4/c1-13(2)25(36)37-12-32-22(34)8-14(24(32)35)7-15-11-28-33-21(29-17-4-5-17)10-20(31-23(15)33)30-19-9-16(26)3-6-18(19)27/h3,6-7,9-11,13,17,29H,4-5,8,12H2,1-2H3,(H,30,31)/b14-7+. The van der Waals surface area contributed by atoms with Crippen LogP contribution in [0.1, 0.15) is 38.7 Å². The van der Waals surface area contributed by atoms with E-state index in [1.165, 1.54) is 24.4 Å². The summed E-state index contributed by atoms with van der Waals surface area (Å²) in [6.45, 7) is 2.89. The first-order valence-corrected chi connectivity index (χ1v) is 12.2. The quantitative estimate of drug-likeness (QED) is 0.255. The molecule has 0 radical (unpaired) electrons. The smallest absolute Gasteiger partial charge is 0.310 e. The zero-order valence-corrected chi connectivity index (χ0v) is 20.9. The predicted molar refractivity (Wildman–Crippen MR) is 135 cm³/mol. The minimum atomic E-state index is -0.549. The van der Waals surface area contributed by atoms with Gasteiger partial charge in [0.2, 0.25) is 5.91 Å². The van der Waals surface area contributed by atoms with E-state index in [1.54, 1.807) is 30.5 Å². The number of aromatic nitrogens is 3. The number of likely N-dealkylation sites (tertiary alicyclic amines) is 1. The molecule has 2 fully saturated rings. The molecule has 1 aromatic carbocycles. The summed E-state index contributed by atoms with van der Waals surface area (Å²) in [5.74, 6) is -1.41. The van der Waals surface area contributed by atoms with Crippen LogP contribution in [0.4, 0.5) is 21.7 Å². The highest BCUT2D eigenvalue weighted by Crippen LogP contribution is 2.30.